The molecule has 1 atom stereocenters. The van der Waals surface area contributed by atoms with Gasteiger partial charge in [-0.05, 0) is 55.2 Å². The number of anilines is 1. The molecule has 1 aliphatic rings. The van der Waals surface area contributed by atoms with Gasteiger partial charge in [-0.15, -0.1) is 0 Å². The monoisotopic (exact) mass is 478 g/mol. The highest BCUT2D eigenvalue weighted by Gasteiger charge is 2.25. The fraction of sp³-hybridized carbons (Fsp3) is 0.455. The van der Waals surface area contributed by atoms with E-state index >= 15 is 0 Å². The van der Waals surface area contributed by atoms with Gasteiger partial charge in [-0.25, -0.2) is 13.4 Å². The van der Waals surface area contributed by atoms with Gasteiger partial charge in [0.1, 0.15) is 11.9 Å². The van der Waals surface area contributed by atoms with E-state index in [9.17, 15) is 13.2 Å². The minimum atomic E-state index is -3.80. The largest absolute Gasteiger partial charge is 0.378 e. The van der Waals surface area contributed by atoms with Gasteiger partial charge in [0.25, 0.3) is 0 Å². The smallest absolute Gasteiger partial charge is 0.241 e. The second-order valence-corrected chi connectivity index (χ2v) is 10.3. The first-order chi connectivity index (χ1) is 15.4. The Morgan fingerprint density at radius 2 is 1.94 bits per heavy atom. The average molecular weight is 479 g/mol. The molecule has 2 heterocycles. The number of nitrogens with one attached hydrogen (secondary N) is 2. The van der Waals surface area contributed by atoms with Gasteiger partial charge in [-0.1, -0.05) is 17.7 Å². The molecule has 1 fully saturated rings. The van der Waals surface area contributed by atoms with E-state index in [1.54, 1.807) is 42.2 Å². The molecule has 2 N–H and O–H groups in total. The first-order valence-corrected chi connectivity index (χ1v) is 13.4. The molecule has 10 heteroatoms. The van der Waals surface area contributed by atoms with Crippen molar-refractivity contribution in [1.29, 1.82) is 0 Å². The first kappa shape index (κ1) is 24.5. The number of morpholine rings is 1. The number of carbonyl (C=O) groups is 1. The summed E-state index contributed by atoms with van der Waals surface area (Å²) in [5.41, 5.74) is 1.87. The number of carbonyl (C=O) groups excluding carboxylic acids is 1. The zero-order valence-electron chi connectivity index (χ0n) is 18.4. The minimum absolute atomic E-state index is 0.148. The molecule has 32 heavy (non-hydrogen) atoms. The summed E-state index contributed by atoms with van der Waals surface area (Å²) in [7, 11) is -3.80. The lowest BCUT2D eigenvalue weighted by Crippen LogP contribution is -2.46. The number of hydrogen-bond acceptors (Lipinski definition) is 7. The molecule has 1 aromatic heterocycles. The Balaban J connectivity index is 1.65. The topological polar surface area (TPSA) is 101 Å². The van der Waals surface area contributed by atoms with Crippen molar-refractivity contribution in [3.63, 3.8) is 0 Å². The second kappa shape index (κ2) is 11.6. The summed E-state index contributed by atoms with van der Waals surface area (Å²) >= 11 is 1.56. The molecular weight excluding hydrogens is 448 g/mol. The van der Waals surface area contributed by atoms with Crippen LogP contribution in [0.3, 0.4) is 0 Å². The van der Waals surface area contributed by atoms with E-state index < -0.39 is 16.1 Å². The number of hydrogen-bond donors (Lipinski definition) is 2. The molecule has 2 aromatic rings. The summed E-state index contributed by atoms with van der Waals surface area (Å²) in [5.74, 6) is 1.16. The first-order valence-electron chi connectivity index (χ1n) is 10.5. The van der Waals surface area contributed by atoms with Gasteiger partial charge in [0.05, 0.1) is 18.1 Å². The number of amides is 1. The molecule has 174 valence electrons. The van der Waals surface area contributed by atoms with Crippen LogP contribution in [0, 0.1) is 6.92 Å². The Bertz CT molecular complexity index is 993. The molecule has 0 aliphatic carbocycles. The summed E-state index contributed by atoms with van der Waals surface area (Å²) in [6.45, 7) is 5.07. The van der Waals surface area contributed by atoms with E-state index in [1.807, 2.05) is 25.3 Å². The summed E-state index contributed by atoms with van der Waals surface area (Å²) < 4.78 is 33.5. The third-order valence-electron chi connectivity index (χ3n) is 5.17. The minimum Gasteiger partial charge on any atom is -0.378 e. The van der Waals surface area contributed by atoms with Crippen molar-refractivity contribution in [3.8, 4) is 0 Å². The van der Waals surface area contributed by atoms with Crippen LogP contribution < -0.4 is 14.9 Å². The van der Waals surface area contributed by atoms with Crippen LogP contribution in [0.15, 0.2) is 47.5 Å². The zero-order valence-corrected chi connectivity index (χ0v) is 20.0. The summed E-state index contributed by atoms with van der Waals surface area (Å²) in [6.07, 6.45) is 4.04. The Morgan fingerprint density at radius 3 is 2.62 bits per heavy atom. The van der Waals surface area contributed by atoms with Crippen molar-refractivity contribution in [2.45, 2.75) is 30.8 Å². The van der Waals surface area contributed by atoms with Crippen molar-refractivity contribution in [1.82, 2.24) is 15.0 Å². The Labute approximate surface area is 194 Å². The number of benzene rings is 1. The van der Waals surface area contributed by atoms with Crippen molar-refractivity contribution in [2.24, 2.45) is 0 Å². The van der Waals surface area contributed by atoms with Gasteiger partial charge in [-0.2, -0.15) is 16.5 Å². The summed E-state index contributed by atoms with van der Waals surface area (Å²) in [5, 5.41) is 2.88. The molecule has 0 spiro atoms. The third kappa shape index (κ3) is 6.93. The molecular formula is C22H30N4O4S2. The summed E-state index contributed by atoms with van der Waals surface area (Å²) in [4.78, 5) is 19.6. The van der Waals surface area contributed by atoms with Crippen LogP contribution >= 0.6 is 11.8 Å². The van der Waals surface area contributed by atoms with Gasteiger partial charge in [0.2, 0.25) is 15.9 Å². The van der Waals surface area contributed by atoms with E-state index in [4.69, 9.17) is 4.74 Å². The van der Waals surface area contributed by atoms with Crippen LogP contribution in [-0.4, -0.2) is 63.7 Å². The zero-order chi connectivity index (χ0) is 23.0. The van der Waals surface area contributed by atoms with Crippen molar-refractivity contribution in [2.75, 3.05) is 43.2 Å². The molecule has 1 aromatic carbocycles. The van der Waals surface area contributed by atoms with Gasteiger partial charge < -0.3 is 15.0 Å². The van der Waals surface area contributed by atoms with E-state index in [0.717, 1.165) is 30.0 Å². The average Bonchev–Trinajstić information content (AvgIpc) is 2.81. The molecule has 1 amide bonds. The maximum atomic E-state index is 12.9. The number of ether oxygens (including phenoxy) is 1. The number of sulfonamides is 1. The number of aryl methyl sites for hydroxylation is 1. The van der Waals surface area contributed by atoms with Crippen molar-refractivity contribution >= 4 is 33.5 Å². The normalized spacial score (nSPS) is 15.4. The van der Waals surface area contributed by atoms with E-state index in [2.05, 4.69) is 19.9 Å². The van der Waals surface area contributed by atoms with Crippen molar-refractivity contribution < 1.29 is 17.9 Å². The van der Waals surface area contributed by atoms with Crippen LogP contribution in [0.5, 0.6) is 0 Å². The second-order valence-electron chi connectivity index (χ2n) is 7.61. The number of nitrogens with zero attached hydrogens (tertiary/aromatic N) is 2. The molecule has 1 saturated heterocycles. The third-order valence-corrected chi connectivity index (χ3v) is 7.30. The molecule has 3 rings (SSSR count). The van der Waals surface area contributed by atoms with Crippen LogP contribution in [0.2, 0.25) is 0 Å². The molecule has 0 radical (unpaired) electrons. The molecule has 0 saturated carbocycles. The maximum Gasteiger partial charge on any atom is 0.241 e. The summed E-state index contributed by atoms with van der Waals surface area (Å²) in [6, 6.07) is 9.50. The van der Waals surface area contributed by atoms with Crippen LogP contribution in [0.1, 0.15) is 17.5 Å². The predicted molar refractivity (Wildman–Crippen MR) is 127 cm³/mol. The predicted octanol–water partition coefficient (Wildman–Crippen LogP) is 1.94. The lowest BCUT2D eigenvalue weighted by Gasteiger charge is -2.28. The SMILES string of the molecule is CSCCC(NS(=O)(=O)c1ccc(C)cc1)C(=O)NCc1ccnc(N2CCOCC2)c1. The number of rotatable bonds is 10. The standard InChI is InChI=1S/C22H30N4O4S2/c1-17-3-5-19(6-4-17)32(28,29)25-20(8-14-31-2)22(27)24-16-18-7-9-23-21(15-18)26-10-12-30-13-11-26/h3-7,9,15,20,25H,8,10-14,16H2,1-2H3,(H,24,27). The van der Waals surface area contributed by atoms with E-state index in [0.29, 0.717) is 31.9 Å². The highest BCUT2D eigenvalue weighted by molar-refractivity contribution is 7.98. The Hall–Kier alpha value is -2.14. The molecule has 1 unspecified atom stereocenters. The molecule has 8 nitrogen and oxygen atoms in total. The van der Waals surface area contributed by atoms with E-state index in [-0.39, 0.29) is 10.8 Å². The lowest BCUT2D eigenvalue weighted by atomic mass is 10.2. The van der Waals surface area contributed by atoms with Gasteiger partial charge in [0.15, 0.2) is 0 Å². The fourth-order valence-corrected chi connectivity index (χ4v) is 5.00. The highest BCUT2D eigenvalue weighted by Crippen LogP contribution is 2.15. The van der Waals surface area contributed by atoms with Crippen LogP contribution in [0.4, 0.5) is 5.82 Å². The van der Waals surface area contributed by atoms with Gasteiger partial charge in [0, 0.05) is 25.8 Å². The number of pyridine rings is 1. The number of thioether (sulfide) groups is 1. The Kier molecular flexibility index (Phi) is 8.92. The maximum absolute atomic E-state index is 12.9. The lowest BCUT2D eigenvalue weighted by molar-refractivity contribution is -0.122. The quantitative estimate of drug-likeness (QED) is 0.538. The number of aromatic nitrogens is 1. The van der Waals surface area contributed by atoms with Crippen molar-refractivity contribution in [3.05, 3.63) is 53.7 Å². The fourth-order valence-electron chi connectivity index (χ4n) is 3.30. The Morgan fingerprint density at radius 1 is 1.22 bits per heavy atom. The highest BCUT2D eigenvalue weighted by atomic mass is 32.2. The molecule has 1 aliphatic heterocycles. The van der Waals surface area contributed by atoms with Gasteiger partial charge in [-0.3, -0.25) is 4.79 Å². The molecule has 0 bridgehead atoms. The van der Waals surface area contributed by atoms with E-state index in [1.165, 1.54) is 0 Å². The van der Waals surface area contributed by atoms with Crippen LogP contribution in [-0.2, 0) is 26.1 Å². The van der Waals surface area contributed by atoms with Crippen LogP contribution in [0.25, 0.3) is 0 Å². The van der Waals surface area contributed by atoms with Gasteiger partial charge >= 0.3 is 0 Å².